The lowest BCUT2D eigenvalue weighted by Crippen LogP contribution is -2.49. The zero-order chi connectivity index (χ0) is 25.4. The molecule has 11 heteroatoms. The average Bonchev–Trinajstić information content (AvgIpc) is 2.76. The van der Waals surface area contributed by atoms with Crippen LogP contribution in [0, 0.1) is 5.92 Å². The van der Waals surface area contributed by atoms with Gasteiger partial charge in [0.25, 0.3) is 11.8 Å². The molecule has 2 aromatic carbocycles. The van der Waals surface area contributed by atoms with Gasteiger partial charge in [0.2, 0.25) is 0 Å². The van der Waals surface area contributed by atoms with Crippen molar-refractivity contribution in [2.75, 3.05) is 7.11 Å². The quantitative estimate of drug-likeness (QED) is 0.276. The molecule has 0 unspecified atom stereocenters. The SMILES string of the molecule is COc1cc(Br)cc(/C=N\NC(=O)[C@H](CC(C)C)NC(=O)[C@H](C)Oc2ccc(Cl)cc2Cl)c1O. The molecule has 0 bridgehead atoms. The number of carbonyl (C=O) groups is 2. The fourth-order valence-electron chi connectivity index (χ4n) is 2.90. The summed E-state index contributed by atoms with van der Waals surface area (Å²) >= 11 is 15.3. The van der Waals surface area contributed by atoms with Gasteiger partial charge in [0, 0.05) is 15.1 Å². The molecule has 0 aromatic heterocycles. The zero-order valence-corrected chi connectivity index (χ0v) is 22.2. The predicted octanol–water partition coefficient (Wildman–Crippen LogP) is 4.92. The van der Waals surface area contributed by atoms with Gasteiger partial charge in [-0.3, -0.25) is 9.59 Å². The maximum Gasteiger partial charge on any atom is 0.262 e. The summed E-state index contributed by atoms with van der Waals surface area (Å²) < 4.78 is 11.4. The van der Waals surface area contributed by atoms with Crippen molar-refractivity contribution in [3.05, 3.63) is 50.4 Å². The van der Waals surface area contributed by atoms with Crippen molar-refractivity contribution in [3.63, 3.8) is 0 Å². The summed E-state index contributed by atoms with van der Waals surface area (Å²) in [5.41, 5.74) is 2.73. The van der Waals surface area contributed by atoms with E-state index in [-0.39, 0.29) is 22.4 Å². The highest BCUT2D eigenvalue weighted by Crippen LogP contribution is 2.32. The van der Waals surface area contributed by atoms with Gasteiger partial charge in [-0.2, -0.15) is 5.10 Å². The lowest BCUT2D eigenvalue weighted by Gasteiger charge is -2.22. The van der Waals surface area contributed by atoms with Gasteiger partial charge >= 0.3 is 0 Å². The Morgan fingerprint density at radius 1 is 1.15 bits per heavy atom. The van der Waals surface area contributed by atoms with E-state index in [0.717, 1.165) is 0 Å². The maximum absolute atomic E-state index is 12.7. The second-order valence-corrected chi connectivity index (χ2v) is 9.56. The van der Waals surface area contributed by atoms with Crippen molar-refractivity contribution in [3.8, 4) is 17.2 Å². The Bertz CT molecular complexity index is 1070. The van der Waals surface area contributed by atoms with Crippen molar-refractivity contribution in [1.82, 2.24) is 10.7 Å². The van der Waals surface area contributed by atoms with E-state index < -0.39 is 24.0 Å². The van der Waals surface area contributed by atoms with Crippen LogP contribution in [-0.4, -0.2) is 42.4 Å². The van der Waals surface area contributed by atoms with E-state index in [1.807, 2.05) is 13.8 Å². The summed E-state index contributed by atoms with van der Waals surface area (Å²) in [6.45, 7) is 5.40. The minimum absolute atomic E-state index is 0.111. The van der Waals surface area contributed by atoms with E-state index in [1.165, 1.54) is 19.4 Å². The third kappa shape index (κ3) is 8.07. The molecule has 0 aliphatic carbocycles. The molecule has 8 nitrogen and oxygen atoms in total. The lowest BCUT2D eigenvalue weighted by molar-refractivity contribution is -0.132. The van der Waals surface area contributed by atoms with Crippen LogP contribution in [0.5, 0.6) is 17.2 Å². The highest BCUT2D eigenvalue weighted by molar-refractivity contribution is 9.10. The lowest BCUT2D eigenvalue weighted by atomic mass is 10.0. The first-order valence-electron chi connectivity index (χ1n) is 10.3. The molecule has 0 spiro atoms. The predicted molar refractivity (Wildman–Crippen MR) is 136 cm³/mol. The summed E-state index contributed by atoms with van der Waals surface area (Å²) in [6, 6.07) is 7.02. The van der Waals surface area contributed by atoms with Crippen molar-refractivity contribution in [1.29, 1.82) is 0 Å². The van der Waals surface area contributed by atoms with Crippen LogP contribution in [0.25, 0.3) is 0 Å². The first-order chi connectivity index (χ1) is 16.0. The van der Waals surface area contributed by atoms with E-state index in [0.29, 0.717) is 27.2 Å². The smallest absolute Gasteiger partial charge is 0.262 e. The molecule has 0 fully saturated rings. The molecule has 34 heavy (non-hydrogen) atoms. The van der Waals surface area contributed by atoms with Crippen LogP contribution in [0.2, 0.25) is 10.0 Å². The highest BCUT2D eigenvalue weighted by atomic mass is 79.9. The Morgan fingerprint density at radius 2 is 1.85 bits per heavy atom. The van der Waals surface area contributed by atoms with E-state index in [4.69, 9.17) is 32.7 Å². The number of hydrazone groups is 1. The molecule has 2 atom stereocenters. The molecular weight excluding hydrogens is 549 g/mol. The van der Waals surface area contributed by atoms with Gasteiger partial charge < -0.3 is 19.9 Å². The molecule has 0 saturated heterocycles. The molecule has 3 N–H and O–H groups in total. The van der Waals surface area contributed by atoms with E-state index in [1.54, 1.807) is 31.2 Å². The van der Waals surface area contributed by atoms with Crippen LogP contribution < -0.4 is 20.2 Å². The van der Waals surface area contributed by atoms with Crippen molar-refractivity contribution in [2.24, 2.45) is 11.0 Å². The fraction of sp³-hybridized carbons (Fsp3) is 0.348. The number of phenolic OH excluding ortho intramolecular Hbond substituents is 1. The second kappa shape index (κ2) is 12.8. The molecule has 0 saturated carbocycles. The van der Waals surface area contributed by atoms with Crippen LogP contribution in [0.3, 0.4) is 0 Å². The Labute approximate surface area is 216 Å². The van der Waals surface area contributed by atoms with E-state index >= 15 is 0 Å². The summed E-state index contributed by atoms with van der Waals surface area (Å²) in [5, 5.41) is 17.5. The minimum Gasteiger partial charge on any atom is -0.504 e. The number of aromatic hydroxyl groups is 1. The Morgan fingerprint density at radius 3 is 2.47 bits per heavy atom. The fourth-order valence-corrected chi connectivity index (χ4v) is 3.81. The van der Waals surface area contributed by atoms with Gasteiger partial charge in [0.15, 0.2) is 17.6 Å². The first-order valence-corrected chi connectivity index (χ1v) is 11.9. The summed E-state index contributed by atoms with van der Waals surface area (Å²) in [5.74, 6) is -0.473. The largest absolute Gasteiger partial charge is 0.504 e. The standard InChI is InChI=1S/C23H26BrCl2N3O5/c1-12(2)7-18(28-22(31)13(3)34-19-6-5-16(25)10-17(19)26)23(32)29-27-11-14-8-15(24)9-20(33-4)21(14)30/h5-6,8-13,18,30H,7H2,1-4H3,(H,28,31)(H,29,32)/b27-11-/t13-,18-/m0/s1. The number of amides is 2. The van der Waals surface area contributed by atoms with E-state index in [9.17, 15) is 14.7 Å². The van der Waals surface area contributed by atoms with Gasteiger partial charge in [-0.15, -0.1) is 0 Å². The first kappa shape index (κ1) is 27.8. The normalized spacial score (nSPS) is 12.9. The van der Waals surface area contributed by atoms with E-state index in [2.05, 4.69) is 31.8 Å². The number of rotatable bonds is 10. The number of benzene rings is 2. The zero-order valence-electron chi connectivity index (χ0n) is 19.1. The van der Waals surface area contributed by atoms with Crippen molar-refractivity contribution < 1.29 is 24.2 Å². The number of methoxy groups -OCH3 is 1. The van der Waals surface area contributed by atoms with Crippen LogP contribution in [0.15, 0.2) is 39.9 Å². The molecule has 184 valence electrons. The van der Waals surface area contributed by atoms with Crippen LogP contribution in [-0.2, 0) is 9.59 Å². The summed E-state index contributed by atoms with van der Waals surface area (Å²) in [7, 11) is 1.43. The van der Waals surface area contributed by atoms with Crippen LogP contribution >= 0.6 is 39.1 Å². The topological polar surface area (TPSA) is 109 Å². The molecule has 2 aromatic rings. The Hall–Kier alpha value is -2.49. The van der Waals surface area contributed by atoms with Gasteiger partial charge in [0.1, 0.15) is 11.8 Å². The molecule has 0 aliphatic heterocycles. The number of hydrogen-bond donors (Lipinski definition) is 3. The number of phenols is 1. The summed E-state index contributed by atoms with van der Waals surface area (Å²) in [6.07, 6.45) is 0.733. The van der Waals surface area contributed by atoms with Gasteiger partial charge in [-0.1, -0.05) is 53.0 Å². The monoisotopic (exact) mass is 573 g/mol. The van der Waals surface area contributed by atoms with Crippen molar-refractivity contribution >= 4 is 57.2 Å². The number of nitrogens with zero attached hydrogens (tertiary/aromatic N) is 1. The maximum atomic E-state index is 12.7. The number of nitrogens with one attached hydrogen (secondary N) is 2. The number of carbonyl (C=O) groups excluding carboxylic acids is 2. The Kier molecular flexibility index (Phi) is 10.5. The molecule has 0 heterocycles. The third-order valence-corrected chi connectivity index (χ3v) is 5.56. The van der Waals surface area contributed by atoms with Gasteiger partial charge in [0.05, 0.1) is 18.3 Å². The van der Waals surface area contributed by atoms with Crippen molar-refractivity contribution in [2.45, 2.75) is 39.3 Å². The molecule has 0 aliphatic rings. The van der Waals surface area contributed by atoms with Gasteiger partial charge in [-0.05, 0) is 49.6 Å². The number of halogens is 3. The van der Waals surface area contributed by atoms with Gasteiger partial charge in [-0.25, -0.2) is 5.43 Å². The molecule has 0 radical (unpaired) electrons. The number of hydrogen-bond acceptors (Lipinski definition) is 6. The average molecular weight is 575 g/mol. The minimum atomic E-state index is -0.921. The third-order valence-electron chi connectivity index (χ3n) is 4.57. The van der Waals surface area contributed by atoms with Crippen LogP contribution in [0.4, 0.5) is 0 Å². The molecule has 2 amide bonds. The highest BCUT2D eigenvalue weighted by Gasteiger charge is 2.25. The summed E-state index contributed by atoms with van der Waals surface area (Å²) in [4.78, 5) is 25.4. The van der Waals surface area contributed by atoms with Crippen LogP contribution in [0.1, 0.15) is 32.8 Å². The molecule has 2 rings (SSSR count). The Balaban J connectivity index is 2.06. The second-order valence-electron chi connectivity index (χ2n) is 7.81. The number of ether oxygens (including phenoxy) is 2. The molecular formula is C23H26BrCl2N3O5.